The van der Waals surface area contributed by atoms with Gasteiger partial charge in [0.2, 0.25) is 5.89 Å². The number of oxazole rings is 1. The van der Waals surface area contributed by atoms with E-state index in [4.69, 9.17) is 13.9 Å². The number of nitrogens with zero attached hydrogens (tertiary/aromatic N) is 1. The van der Waals surface area contributed by atoms with Crippen molar-refractivity contribution in [3.63, 3.8) is 0 Å². The summed E-state index contributed by atoms with van der Waals surface area (Å²) >= 11 is 0. The van der Waals surface area contributed by atoms with Crippen molar-refractivity contribution in [1.82, 2.24) is 4.98 Å². The molecule has 0 unspecified atom stereocenters. The molecule has 144 valence electrons. The predicted octanol–water partition coefficient (Wildman–Crippen LogP) is 4.53. The number of benzene rings is 2. The van der Waals surface area contributed by atoms with Crippen LogP contribution in [0.3, 0.4) is 0 Å². The lowest BCUT2D eigenvalue weighted by Gasteiger charge is -2.11. The Labute approximate surface area is 163 Å². The molecule has 0 radical (unpaired) electrons. The third-order valence-corrected chi connectivity index (χ3v) is 4.04. The molecule has 0 aliphatic rings. The highest BCUT2D eigenvalue weighted by Crippen LogP contribution is 2.29. The average molecular weight is 379 g/mol. The molecule has 1 aromatic heterocycles. The topological polar surface area (TPSA) is 70.8 Å². The van der Waals surface area contributed by atoms with Gasteiger partial charge in [-0.05, 0) is 36.3 Å². The molecule has 28 heavy (non-hydrogen) atoms. The second-order valence-corrected chi connectivity index (χ2v) is 5.97. The summed E-state index contributed by atoms with van der Waals surface area (Å²) in [5.74, 6) is 1.48. The zero-order valence-corrected chi connectivity index (χ0v) is 16.0. The van der Waals surface area contributed by atoms with E-state index in [1.54, 1.807) is 20.1 Å². The first kappa shape index (κ1) is 19.2. The van der Waals surface area contributed by atoms with E-state index in [0.717, 1.165) is 11.1 Å². The van der Waals surface area contributed by atoms with E-state index in [-0.39, 0.29) is 5.69 Å². The van der Waals surface area contributed by atoms with Crippen LogP contribution in [0.1, 0.15) is 33.3 Å². The van der Waals surface area contributed by atoms with Crippen molar-refractivity contribution in [2.24, 2.45) is 0 Å². The fourth-order valence-electron chi connectivity index (χ4n) is 2.58. The van der Waals surface area contributed by atoms with E-state index < -0.39 is 5.97 Å². The van der Waals surface area contributed by atoms with Crippen LogP contribution < -0.4 is 9.47 Å². The molecule has 0 atom stereocenters. The lowest BCUT2D eigenvalue weighted by atomic mass is 10.2. The standard InChI is InChI=1S/C22H21NO5/c1-15-21(22(24)26-3)23-20(28-15)12-10-16-9-11-18(19(13-16)25-2)27-14-17-7-5-4-6-8-17/h4-13H,14H2,1-3H3/b12-10+. The average Bonchev–Trinajstić information content (AvgIpc) is 3.11. The SMILES string of the molecule is COC(=O)c1nc(/C=C/c2ccc(OCc3ccccc3)c(OC)c2)oc1C. The van der Waals surface area contributed by atoms with Crippen LogP contribution in [0.15, 0.2) is 52.9 Å². The molecule has 3 aromatic rings. The molecule has 1 heterocycles. The number of carbonyl (C=O) groups is 1. The zero-order valence-electron chi connectivity index (χ0n) is 16.0. The molecule has 0 fully saturated rings. The Morgan fingerprint density at radius 2 is 1.86 bits per heavy atom. The van der Waals surface area contributed by atoms with Crippen LogP contribution in [-0.2, 0) is 11.3 Å². The Morgan fingerprint density at radius 1 is 1.07 bits per heavy atom. The molecule has 2 aromatic carbocycles. The number of aromatic nitrogens is 1. The minimum Gasteiger partial charge on any atom is -0.493 e. The van der Waals surface area contributed by atoms with E-state index in [0.29, 0.717) is 29.8 Å². The molecule has 0 saturated carbocycles. The number of carbonyl (C=O) groups excluding carboxylic acids is 1. The van der Waals surface area contributed by atoms with Crippen molar-refractivity contribution in [1.29, 1.82) is 0 Å². The summed E-state index contributed by atoms with van der Waals surface area (Å²) < 4.78 is 21.4. The van der Waals surface area contributed by atoms with E-state index in [1.807, 2.05) is 54.6 Å². The highest BCUT2D eigenvalue weighted by Gasteiger charge is 2.16. The first-order chi connectivity index (χ1) is 13.6. The molecular weight excluding hydrogens is 358 g/mol. The van der Waals surface area contributed by atoms with Gasteiger partial charge in [0.1, 0.15) is 12.4 Å². The Morgan fingerprint density at radius 3 is 2.57 bits per heavy atom. The highest BCUT2D eigenvalue weighted by atomic mass is 16.5. The van der Waals surface area contributed by atoms with Gasteiger partial charge in [-0.3, -0.25) is 0 Å². The van der Waals surface area contributed by atoms with Crippen molar-refractivity contribution in [3.05, 3.63) is 77.0 Å². The number of hydrogen-bond donors (Lipinski definition) is 0. The normalized spacial score (nSPS) is 10.8. The third kappa shape index (κ3) is 4.59. The summed E-state index contributed by atoms with van der Waals surface area (Å²) in [5.41, 5.74) is 2.12. The van der Waals surface area contributed by atoms with E-state index in [9.17, 15) is 4.79 Å². The van der Waals surface area contributed by atoms with Gasteiger partial charge in [0.25, 0.3) is 0 Å². The summed E-state index contributed by atoms with van der Waals surface area (Å²) in [5, 5.41) is 0. The molecule has 0 bridgehead atoms. The summed E-state index contributed by atoms with van der Waals surface area (Å²) in [7, 11) is 2.90. The molecule has 0 aliphatic carbocycles. The number of methoxy groups -OCH3 is 2. The van der Waals surface area contributed by atoms with Crippen LogP contribution in [0.2, 0.25) is 0 Å². The van der Waals surface area contributed by atoms with Crippen molar-refractivity contribution < 1.29 is 23.4 Å². The molecule has 0 spiro atoms. The smallest absolute Gasteiger partial charge is 0.360 e. The number of rotatable bonds is 7. The predicted molar refractivity (Wildman–Crippen MR) is 105 cm³/mol. The largest absolute Gasteiger partial charge is 0.493 e. The number of aryl methyl sites for hydroxylation is 1. The van der Waals surface area contributed by atoms with Crippen molar-refractivity contribution in [2.75, 3.05) is 14.2 Å². The molecule has 0 saturated heterocycles. The van der Waals surface area contributed by atoms with Crippen LogP contribution in [0, 0.1) is 6.92 Å². The lowest BCUT2D eigenvalue weighted by Crippen LogP contribution is -2.03. The van der Waals surface area contributed by atoms with Gasteiger partial charge in [-0.25, -0.2) is 9.78 Å². The number of ether oxygens (including phenoxy) is 3. The minimum absolute atomic E-state index is 0.171. The van der Waals surface area contributed by atoms with E-state index in [2.05, 4.69) is 9.72 Å². The van der Waals surface area contributed by atoms with Gasteiger partial charge < -0.3 is 18.6 Å². The molecule has 0 N–H and O–H groups in total. The fraction of sp³-hybridized carbons (Fsp3) is 0.182. The van der Waals surface area contributed by atoms with Gasteiger partial charge in [-0.1, -0.05) is 36.4 Å². The fourth-order valence-corrected chi connectivity index (χ4v) is 2.58. The van der Waals surface area contributed by atoms with Crippen LogP contribution in [0.5, 0.6) is 11.5 Å². The van der Waals surface area contributed by atoms with E-state index >= 15 is 0 Å². The molecule has 6 heteroatoms. The second kappa shape index (κ2) is 8.90. The Hall–Kier alpha value is -3.54. The Bertz CT molecular complexity index is 976. The van der Waals surface area contributed by atoms with Crippen LogP contribution in [0.25, 0.3) is 12.2 Å². The summed E-state index contributed by atoms with van der Waals surface area (Å²) in [6.07, 6.45) is 3.49. The molecule has 6 nitrogen and oxygen atoms in total. The summed E-state index contributed by atoms with van der Waals surface area (Å²) in [6, 6.07) is 15.5. The van der Waals surface area contributed by atoms with Gasteiger partial charge >= 0.3 is 5.97 Å². The molecule has 0 aliphatic heterocycles. The maximum atomic E-state index is 11.6. The van der Waals surface area contributed by atoms with Crippen LogP contribution >= 0.6 is 0 Å². The minimum atomic E-state index is -0.525. The molecule has 3 rings (SSSR count). The second-order valence-electron chi connectivity index (χ2n) is 5.97. The van der Waals surface area contributed by atoms with Gasteiger partial charge in [-0.15, -0.1) is 0 Å². The first-order valence-electron chi connectivity index (χ1n) is 8.69. The van der Waals surface area contributed by atoms with Gasteiger partial charge in [0.15, 0.2) is 17.2 Å². The highest BCUT2D eigenvalue weighted by molar-refractivity contribution is 5.88. The molecular formula is C22H21NO5. The number of hydrogen-bond acceptors (Lipinski definition) is 6. The van der Waals surface area contributed by atoms with Crippen LogP contribution in [-0.4, -0.2) is 25.2 Å². The van der Waals surface area contributed by atoms with Crippen LogP contribution in [0.4, 0.5) is 0 Å². The monoisotopic (exact) mass is 379 g/mol. The summed E-state index contributed by atoms with van der Waals surface area (Å²) in [4.78, 5) is 15.7. The maximum Gasteiger partial charge on any atom is 0.360 e. The number of esters is 1. The zero-order chi connectivity index (χ0) is 19.9. The van der Waals surface area contributed by atoms with Gasteiger partial charge in [0.05, 0.1) is 14.2 Å². The van der Waals surface area contributed by atoms with Gasteiger partial charge in [-0.2, -0.15) is 0 Å². The van der Waals surface area contributed by atoms with E-state index in [1.165, 1.54) is 7.11 Å². The van der Waals surface area contributed by atoms with Crippen molar-refractivity contribution in [2.45, 2.75) is 13.5 Å². The maximum absolute atomic E-state index is 11.6. The Balaban J connectivity index is 1.73. The quantitative estimate of drug-likeness (QED) is 0.562. The first-order valence-corrected chi connectivity index (χ1v) is 8.69. The molecule has 0 amide bonds. The van der Waals surface area contributed by atoms with Gasteiger partial charge in [0, 0.05) is 6.08 Å². The Kier molecular flexibility index (Phi) is 6.11. The third-order valence-electron chi connectivity index (χ3n) is 4.04. The van der Waals surface area contributed by atoms with Crippen molar-refractivity contribution >= 4 is 18.1 Å². The van der Waals surface area contributed by atoms with Crippen molar-refractivity contribution in [3.8, 4) is 11.5 Å². The summed E-state index contributed by atoms with van der Waals surface area (Å²) in [6.45, 7) is 2.12. The lowest BCUT2D eigenvalue weighted by molar-refractivity contribution is 0.0593.